The van der Waals surface area contributed by atoms with Crippen molar-refractivity contribution in [2.75, 3.05) is 11.9 Å². The maximum absolute atomic E-state index is 12.0. The third-order valence-corrected chi connectivity index (χ3v) is 4.02. The van der Waals surface area contributed by atoms with Gasteiger partial charge in [-0.2, -0.15) is 4.98 Å². The summed E-state index contributed by atoms with van der Waals surface area (Å²) in [5.74, 6) is 1.03. The number of aryl methyl sites for hydroxylation is 1. The van der Waals surface area contributed by atoms with E-state index in [4.69, 9.17) is 4.52 Å². The molecule has 2 amide bonds. The molecule has 126 valence electrons. The molecule has 0 spiro atoms. The van der Waals surface area contributed by atoms with E-state index < -0.39 is 0 Å². The van der Waals surface area contributed by atoms with Crippen LogP contribution in [0.4, 0.5) is 10.5 Å². The van der Waals surface area contributed by atoms with Gasteiger partial charge in [0.25, 0.3) is 0 Å². The van der Waals surface area contributed by atoms with Crippen molar-refractivity contribution >= 4 is 11.7 Å². The number of hydrogen-bond acceptors (Lipinski definition) is 4. The lowest BCUT2D eigenvalue weighted by Crippen LogP contribution is -2.29. The van der Waals surface area contributed by atoms with Gasteiger partial charge in [0.2, 0.25) is 11.7 Å². The fourth-order valence-electron chi connectivity index (χ4n) is 2.80. The Kier molecular flexibility index (Phi) is 5.25. The third kappa shape index (κ3) is 4.44. The highest BCUT2D eigenvalue weighted by molar-refractivity contribution is 5.89. The van der Waals surface area contributed by atoms with E-state index in [0.29, 0.717) is 23.9 Å². The van der Waals surface area contributed by atoms with Gasteiger partial charge in [-0.05, 0) is 44.2 Å². The highest BCUT2D eigenvalue weighted by atomic mass is 16.5. The van der Waals surface area contributed by atoms with Crippen molar-refractivity contribution in [1.29, 1.82) is 0 Å². The minimum atomic E-state index is -0.201. The number of aromatic nitrogens is 2. The van der Waals surface area contributed by atoms with Crippen molar-refractivity contribution in [1.82, 2.24) is 15.5 Å². The summed E-state index contributed by atoms with van der Waals surface area (Å²) >= 11 is 0. The zero-order valence-electron chi connectivity index (χ0n) is 13.8. The van der Waals surface area contributed by atoms with Crippen LogP contribution in [0.15, 0.2) is 40.4 Å². The lowest BCUT2D eigenvalue weighted by molar-refractivity contribution is 0.252. The lowest BCUT2D eigenvalue weighted by Gasteiger charge is -2.13. The molecule has 1 aliphatic rings. The summed E-state index contributed by atoms with van der Waals surface area (Å²) in [5, 5.41) is 9.63. The fourth-order valence-corrected chi connectivity index (χ4v) is 2.80. The van der Waals surface area contributed by atoms with E-state index in [2.05, 4.69) is 26.9 Å². The SMILES string of the molecule is Cc1nc(-c2cccc(NC(=O)NCCC3=CCCCC3)c2)no1. The minimum Gasteiger partial charge on any atom is -0.339 e. The molecule has 0 fully saturated rings. The number of allylic oxidation sites excluding steroid dienone is 1. The average molecular weight is 326 g/mol. The number of urea groups is 1. The van der Waals surface area contributed by atoms with Crippen LogP contribution in [-0.4, -0.2) is 22.7 Å². The molecule has 0 unspecified atom stereocenters. The third-order valence-electron chi connectivity index (χ3n) is 4.02. The predicted molar refractivity (Wildman–Crippen MR) is 92.7 cm³/mol. The molecule has 24 heavy (non-hydrogen) atoms. The van der Waals surface area contributed by atoms with Gasteiger partial charge in [-0.15, -0.1) is 0 Å². The summed E-state index contributed by atoms with van der Waals surface area (Å²) in [4.78, 5) is 16.2. The monoisotopic (exact) mass is 326 g/mol. The Hall–Kier alpha value is -2.63. The number of nitrogens with zero attached hydrogens (tertiary/aromatic N) is 2. The zero-order chi connectivity index (χ0) is 16.8. The summed E-state index contributed by atoms with van der Waals surface area (Å²) in [6.07, 6.45) is 8.11. The topological polar surface area (TPSA) is 80.0 Å². The normalized spacial score (nSPS) is 14.1. The summed E-state index contributed by atoms with van der Waals surface area (Å²) in [6.45, 7) is 2.40. The molecule has 0 bridgehead atoms. The van der Waals surface area contributed by atoms with E-state index in [-0.39, 0.29) is 6.03 Å². The van der Waals surface area contributed by atoms with Gasteiger partial charge >= 0.3 is 6.03 Å². The Labute approximate surface area is 141 Å². The molecular formula is C18H22N4O2. The second-order valence-corrected chi connectivity index (χ2v) is 5.96. The van der Waals surface area contributed by atoms with Crippen LogP contribution in [0.3, 0.4) is 0 Å². The number of carbonyl (C=O) groups is 1. The quantitative estimate of drug-likeness (QED) is 0.812. The van der Waals surface area contributed by atoms with Gasteiger partial charge in [0.05, 0.1) is 0 Å². The molecule has 1 aromatic heterocycles. The predicted octanol–water partition coefficient (Wildman–Crippen LogP) is 4.06. The van der Waals surface area contributed by atoms with Crippen LogP contribution in [0.25, 0.3) is 11.4 Å². The lowest BCUT2D eigenvalue weighted by atomic mass is 9.97. The van der Waals surface area contributed by atoms with Crippen molar-refractivity contribution < 1.29 is 9.32 Å². The smallest absolute Gasteiger partial charge is 0.319 e. The number of amides is 2. The van der Waals surface area contributed by atoms with Crippen molar-refractivity contribution in [3.63, 3.8) is 0 Å². The molecule has 0 saturated carbocycles. The second-order valence-electron chi connectivity index (χ2n) is 5.96. The molecule has 1 aliphatic carbocycles. The number of carbonyl (C=O) groups excluding carboxylic acids is 1. The van der Waals surface area contributed by atoms with Crippen LogP contribution in [0, 0.1) is 6.92 Å². The Balaban J connectivity index is 1.51. The zero-order valence-corrected chi connectivity index (χ0v) is 13.8. The van der Waals surface area contributed by atoms with Crippen LogP contribution in [0.2, 0.25) is 0 Å². The average Bonchev–Trinajstić information content (AvgIpc) is 3.03. The van der Waals surface area contributed by atoms with Gasteiger partial charge in [-0.25, -0.2) is 4.79 Å². The van der Waals surface area contributed by atoms with Gasteiger partial charge in [-0.1, -0.05) is 28.9 Å². The van der Waals surface area contributed by atoms with Crippen LogP contribution in [0.1, 0.15) is 38.0 Å². The summed E-state index contributed by atoms with van der Waals surface area (Å²) < 4.78 is 4.98. The van der Waals surface area contributed by atoms with Gasteiger partial charge in [0.15, 0.2) is 0 Å². The van der Waals surface area contributed by atoms with E-state index >= 15 is 0 Å². The summed E-state index contributed by atoms with van der Waals surface area (Å²) in [7, 11) is 0. The van der Waals surface area contributed by atoms with Crippen molar-refractivity contribution in [3.8, 4) is 11.4 Å². The number of nitrogens with one attached hydrogen (secondary N) is 2. The van der Waals surface area contributed by atoms with E-state index in [9.17, 15) is 4.79 Å². The standard InChI is InChI=1S/C18H22N4O2/c1-13-20-17(22-24-13)15-8-5-9-16(12-15)21-18(23)19-11-10-14-6-3-2-4-7-14/h5-6,8-9,12H,2-4,7,10-11H2,1H3,(H2,19,21,23). The maximum Gasteiger partial charge on any atom is 0.319 e. The van der Waals surface area contributed by atoms with Crippen LogP contribution in [-0.2, 0) is 0 Å². The largest absolute Gasteiger partial charge is 0.339 e. The fraction of sp³-hybridized carbons (Fsp3) is 0.389. The Morgan fingerprint density at radius 1 is 1.33 bits per heavy atom. The number of hydrogen-bond donors (Lipinski definition) is 2. The number of benzene rings is 1. The second kappa shape index (κ2) is 7.77. The molecule has 1 heterocycles. The maximum atomic E-state index is 12.0. The first kappa shape index (κ1) is 16.2. The van der Waals surface area contributed by atoms with Gasteiger partial charge in [-0.3, -0.25) is 0 Å². The molecule has 0 atom stereocenters. The van der Waals surface area contributed by atoms with Gasteiger partial charge in [0.1, 0.15) is 0 Å². The molecule has 6 nitrogen and oxygen atoms in total. The van der Waals surface area contributed by atoms with Crippen LogP contribution in [0.5, 0.6) is 0 Å². The molecule has 0 aliphatic heterocycles. The van der Waals surface area contributed by atoms with Crippen molar-refractivity contribution in [3.05, 3.63) is 41.8 Å². The first-order valence-corrected chi connectivity index (χ1v) is 8.34. The summed E-state index contributed by atoms with van der Waals surface area (Å²) in [6, 6.07) is 7.19. The minimum absolute atomic E-state index is 0.201. The Bertz CT molecular complexity index is 736. The highest BCUT2D eigenvalue weighted by Gasteiger charge is 2.08. The van der Waals surface area contributed by atoms with E-state index in [1.165, 1.54) is 24.8 Å². The molecule has 1 aromatic carbocycles. The summed E-state index contributed by atoms with van der Waals surface area (Å²) in [5.41, 5.74) is 2.96. The first-order chi connectivity index (χ1) is 11.7. The van der Waals surface area contributed by atoms with E-state index in [1.54, 1.807) is 6.92 Å². The van der Waals surface area contributed by atoms with Crippen LogP contribution >= 0.6 is 0 Å². The molecule has 2 aromatic rings. The van der Waals surface area contributed by atoms with Crippen molar-refractivity contribution in [2.45, 2.75) is 39.0 Å². The highest BCUT2D eigenvalue weighted by Crippen LogP contribution is 2.20. The Morgan fingerprint density at radius 2 is 2.25 bits per heavy atom. The van der Waals surface area contributed by atoms with E-state index in [0.717, 1.165) is 18.4 Å². The Morgan fingerprint density at radius 3 is 3.00 bits per heavy atom. The number of anilines is 1. The molecule has 3 rings (SSSR count). The first-order valence-electron chi connectivity index (χ1n) is 8.34. The van der Waals surface area contributed by atoms with Crippen LogP contribution < -0.4 is 10.6 Å². The van der Waals surface area contributed by atoms with Gasteiger partial charge < -0.3 is 15.2 Å². The molecule has 0 saturated heterocycles. The molecule has 0 radical (unpaired) electrons. The van der Waals surface area contributed by atoms with Crippen molar-refractivity contribution in [2.24, 2.45) is 0 Å². The number of rotatable bonds is 5. The van der Waals surface area contributed by atoms with Gasteiger partial charge in [0, 0.05) is 24.7 Å². The molecule has 2 N–H and O–H groups in total. The van der Waals surface area contributed by atoms with E-state index in [1.807, 2.05) is 24.3 Å². The molecular weight excluding hydrogens is 304 g/mol. The molecule has 6 heteroatoms.